The number of benzene rings is 2. The lowest BCUT2D eigenvalue weighted by molar-refractivity contribution is -0.114. The third-order valence-electron chi connectivity index (χ3n) is 5.61. The maximum atomic E-state index is 13.7. The van der Waals surface area contributed by atoms with Crippen molar-refractivity contribution in [3.63, 3.8) is 0 Å². The van der Waals surface area contributed by atoms with Gasteiger partial charge in [-0.05, 0) is 62.1 Å². The Morgan fingerprint density at radius 1 is 1.06 bits per heavy atom. The van der Waals surface area contributed by atoms with E-state index in [-0.39, 0.29) is 24.5 Å². The van der Waals surface area contributed by atoms with Crippen LogP contribution in [0.3, 0.4) is 0 Å². The number of hydrogen-bond acceptors (Lipinski definition) is 5. The molecule has 0 bridgehead atoms. The minimum absolute atomic E-state index is 0.294. The molecule has 0 aliphatic carbocycles. The molecule has 7 nitrogen and oxygen atoms in total. The van der Waals surface area contributed by atoms with Crippen LogP contribution in [0.2, 0.25) is 0 Å². The fourth-order valence-corrected chi connectivity index (χ4v) is 6.10. The van der Waals surface area contributed by atoms with E-state index in [9.17, 15) is 13.2 Å². The van der Waals surface area contributed by atoms with Gasteiger partial charge >= 0.3 is 0 Å². The summed E-state index contributed by atoms with van der Waals surface area (Å²) < 4.78 is 28.6. The quantitative estimate of drug-likeness (QED) is 0.610. The molecule has 0 saturated carbocycles. The number of carbonyl (C=O) groups is 1. The van der Waals surface area contributed by atoms with E-state index in [1.54, 1.807) is 18.2 Å². The monoisotopic (exact) mass is 444 g/mol. The van der Waals surface area contributed by atoms with Gasteiger partial charge in [-0.15, -0.1) is 0 Å². The average molecular weight is 445 g/mol. The van der Waals surface area contributed by atoms with Crippen molar-refractivity contribution >= 4 is 27.3 Å². The summed E-state index contributed by atoms with van der Waals surface area (Å²) >= 11 is 0. The molecule has 3 rings (SSSR count). The normalized spacial score (nSPS) is 21.3. The molecule has 1 aliphatic rings. The lowest BCUT2D eigenvalue weighted by Gasteiger charge is -2.30. The fourth-order valence-electron chi connectivity index (χ4n) is 3.93. The van der Waals surface area contributed by atoms with E-state index in [0.29, 0.717) is 17.3 Å². The molecular weight excluding hydrogens is 412 g/mol. The standard InChI is InChI=1S/C23H32N4O3S/c1-15(2)19-9-11-21(12-10-19)27(31(29,30)23-17(4)25-26-18(23)5)14-22(28)24-20-8-6-7-16(3)13-20/h6-13,15,17-18,23,25-26H,14H2,1-5H3,(H,24,28). The Hall–Kier alpha value is -2.42. The number of rotatable bonds is 7. The average Bonchev–Trinajstić information content (AvgIpc) is 3.05. The van der Waals surface area contributed by atoms with Gasteiger partial charge in [0.05, 0.1) is 5.69 Å². The van der Waals surface area contributed by atoms with E-state index < -0.39 is 15.3 Å². The van der Waals surface area contributed by atoms with Gasteiger partial charge in [0, 0.05) is 17.8 Å². The SMILES string of the molecule is Cc1cccc(NC(=O)CN(c2ccc(C(C)C)cc2)S(=O)(=O)C2C(C)NNC2C)c1. The first-order valence-electron chi connectivity index (χ1n) is 10.6. The first-order chi connectivity index (χ1) is 14.6. The zero-order valence-corrected chi connectivity index (χ0v) is 19.5. The van der Waals surface area contributed by atoms with Gasteiger partial charge < -0.3 is 5.32 Å². The van der Waals surface area contributed by atoms with E-state index in [2.05, 4.69) is 30.0 Å². The largest absolute Gasteiger partial charge is 0.325 e. The van der Waals surface area contributed by atoms with E-state index in [1.165, 1.54) is 4.31 Å². The molecule has 1 fully saturated rings. The zero-order chi connectivity index (χ0) is 22.8. The maximum absolute atomic E-state index is 13.7. The van der Waals surface area contributed by atoms with E-state index in [4.69, 9.17) is 0 Å². The lowest BCUT2D eigenvalue weighted by Crippen LogP contribution is -2.49. The third kappa shape index (κ3) is 5.26. The van der Waals surface area contributed by atoms with Crippen molar-refractivity contribution in [3.8, 4) is 0 Å². The second-order valence-electron chi connectivity index (χ2n) is 8.55. The van der Waals surface area contributed by atoms with Crippen LogP contribution in [0.25, 0.3) is 0 Å². The van der Waals surface area contributed by atoms with Gasteiger partial charge in [0.1, 0.15) is 11.8 Å². The molecule has 1 aliphatic heterocycles. The number of nitrogens with one attached hydrogen (secondary N) is 3. The summed E-state index contributed by atoms with van der Waals surface area (Å²) in [7, 11) is -3.83. The van der Waals surface area contributed by atoms with Crippen molar-refractivity contribution in [2.45, 2.75) is 57.9 Å². The second kappa shape index (κ2) is 9.38. The Bertz CT molecular complexity index is 1010. The Labute approximate surface area is 185 Å². The van der Waals surface area contributed by atoms with Crippen LogP contribution in [-0.4, -0.2) is 38.2 Å². The van der Waals surface area contributed by atoms with Crippen molar-refractivity contribution in [2.75, 3.05) is 16.2 Å². The van der Waals surface area contributed by atoms with Crippen LogP contribution in [0.15, 0.2) is 48.5 Å². The predicted octanol–water partition coefficient (Wildman–Crippen LogP) is 3.15. The van der Waals surface area contributed by atoms with Gasteiger partial charge in [-0.25, -0.2) is 8.42 Å². The molecule has 2 aromatic carbocycles. The highest BCUT2D eigenvalue weighted by Crippen LogP contribution is 2.27. The van der Waals surface area contributed by atoms with Crippen LogP contribution in [-0.2, 0) is 14.8 Å². The smallest absolute Gasteiger partial charge is 0.245 e. The Morgan fingerprint density at radius 3 is 2.23 bits per heavy atom. The van der Waals surface area contributed by atoms with Crippen molar-refractivity contribution in [3.05, 3.63) is 59.7 Å². The number of hydrogen-bond donors (Lipinski definition) is 3. The van der Waals surface area contributed by atoms with E-state index in [0.717, 1.165) is 11.1 Å². The highest BCUT2D eigenvalue weighted by atomic mass is 32.2. The van der Waals surface area contributed by atoms with Crippen LogP contribution in [0.4, 0.5) is 11.4 Å². The molecule has 1 heterocycles. The van der Waals surface area contributed by atoms with Crippen molar-refractivity contribution < 1.29 is 13.2 Å². The molecule has 1 saturated heterocycles. The van der Waals surface area contributed by atoms with Crippen LogP contribution in [0.1, 0.15) is 44.7 Å². The number of nitrogens with zero attached hydrogens (tertiary/aromatic N) is 1. The topological polar surface area (TPSA) is 90.5 Å². The summed E-state index contributed by atoms with van der Waals surface area (Å²) in [6.45, 7) is 9.45. The minimum Gasteiger partial charge on any atom is -0.325 e. The molecule has 31 heavy (non-hydrogen) atoms. The molecule has 168 valence electrons. The molecule has 2 aromatic rings. The van der Waals surface area contributed by atoms with Crippen LogP contribution in [0, 0.1) is 6.92 Å². The molecule has 0 spiro atoms. The van der Waals surface area contributed by atoms with Crippen molar-refractivity contribution in [2.24, 2.45) is 0 Å². The van der Waals surface area contributed by atoms with Crippen molar-refractivity contribution in [1.82, 2.24) is 10.9 Å². The number of aryl methyl sites for hydroxylation is 1. The Balaban J connectivity index is 1.93. The summed E-state index contributed by atoms with van der Waals surface area (Å²) in [6.07, 6.45) is 0. The number of hydrazine groups is 1. The number of anilines is 2. The molecule has 1 amide bonds. The fraction of sp³-hybridized carbons (Fsp3) is 0.435. The van der Waals surface area contributed by atoms with Gasteiger partial charge in [0.15, 0.2) is 0 Å². The van der Waals surface area contributed by atoms with Gasteiger partial charge in [-0.2, -0.15) is 0 Å². The first-order valence-corrected chi connectivity index (χ1v) is 12.1. The summed E-state index contributed by atoms with van der Waals surface area (Å²) in [5.41, 5.74) is 9.24. The number of amides is 1. The van der Waals surface area contributed by atoms with E-state index in [1.807, 2.05) is 51.1 Å². The summed E-state index contributed by atoms with van der Waals surface area (Å²) in [4.78, 5) is 12.9. The summed E-state index contributed by atoms with van der Waals surface area (Å²) in [5.74, 6) is -0.0617. The highest BCUT2D eigenvalue weighted by molar-refractivity contribution is 7.93. The number of carbonyl (C=O) groups excluding carboxylic acids is 1. The van der Waals surface area contributed by atoms with Gasteiger partial charge in [-0.3, -0.25) is 20.0 Å². The molecule has 2 atom stereocenters. The predicted molar refractivity (Wildman–Crippen MR) is 126 cm³/mol. The molecule has 0 radical (unpaired) electrons. The maximum Gasteiger partial charge on any atom is 0.245 e. The molecular formula is C23H32N4O3S. The van der Waals surface area contributed by atoms with Crippen molar-refractivity contribution in [1.29, 1.82) is 0 Å². The summed E-state index contributed by atoms with van der Waals surface area (Å²) in [5, 5.41) is 2.12. The number of sulfonamides is 1. The third-order valence-corrected chi connectivity index (χ3v) is 8.07. The van der Waals surface area contributed by atoms with Gasteiger partial charge in [-0.1, -0.05) is 38.1 Å². The van der Waals surface area contributed by atoms with Gasteiger partial charge in [0.2, 0.25) is 15.9 Å². The lowest BCUT2D eigenvalue weighted by atomic mass is 10.0. The highest BCUT2D eigenvalue weighted by Gasteiger charge is 2.44. The Morgan fingerprint density at radius 2 is 1.68 bits per heavy atom. The van der Waals surface area contributed by atoms with Crippen LogP contribution < -0.4 is 20.5 Å². The Kier molecular flexibility index (Phi) is 7.03. The van der Waals surface area contributed by atoms with Crippen LogP contribution >= 0.6 is 0 Å². The second-order valence-corrected chi connectivity index (χ2v) is 10.6. The van der Waals surface area contributed by atoms with Crippen LogP contribution in [0.5, 0.6) is 0 Å². The molecule has 8 heteroatoms. The first kappa shape index (κ1) is 23.2. The summed E-state index contributed by atoms with van der Waals surface area (Å²) in [6, 6.07) is 14.2. The molecule has 0 aromatic heterocycles. The molecule has 2 unspecified atom stereocenters. The minimum atomic E-state index is -3.83. The molecule has 3 N–H and O–H groups in total. The van der Waals surface area contributed by atoms with E-state index >= 15 is 0 Å². The zero-order valence-electron chi connectivity index (χ0n) is 18.7. The van der Waals surface area contributed by atoms with Gasteiger partial charge in [0.25, 0.3) is 0 Å².